The summed E-state index contributed by atoms with van der Waals surface area (Å²) in [5.74, 6) is 0. The lowest BCUT2D eigenvalue weighted by Crippen LogP contribution is -2.09. The average molecular weight is 220 g/mol. The largest absolute Gasteiger partial charge is 0.388 e. The highest BCUT2D eigenvalue weighted by molar-refractivity contribution is 5.28. The Labute approximate surface area is 99.5 Å². The van der Waals surface area contributed by atoms with E-state index in [1.165, 1.54) is 5.56 Å². The van der Waals surface area contributed by atoms with Crippen molar-refractivity contribution in [2.45, 2.75) is 53.1 Å². The van der Waals surface area contributed by atoms with Gasteiger partial charge >= 0.3 is 0 Å². The van der Waals surface area contributed by atoms with Crippen molar-refractivity contribution in [2.75, 3.05) is 0 Å². The van der Waals surface area contributed by atoms with Gasteiger partial charge in [-0.15, -0.1) is 0 Å². The first-order valence-corrected chi connectivity index (χ1v) is 6.20. The minimum absolute atomic E-state index is 0.294. The Morgan fingerprint density at radius 2 is 1.81 bits per heavy atom. The van der Waals surface area contributed by atoms with Crippen molar-refractivity contribution >= 4 is 0 Å². The molecular formula is C15H24O. The minimum atomic E-state index is -0.310. The Morgan fingerprint density at radius 3 is 2.38 bits per heavy atom. The van der Waals surface area contributed by atoms with Crippen LogP contribution in [0.25, 0.3) is 0 Å². The summed E-state index contributed by atoms with van der Waals surface area (Å²) in [4.78, 5) is 0. The molecular weight excluding hydrogens is 196 g/mol. The van der Waals surface area contributed by atoms with E-state index in [9.17, 15) is 5.11 Å². The van der Waals surface area contributed by atoms with Crippen LogP contribution in [0, 0.1) is 5.41 Å². The molecule has 0 bridgehead atoms. The molecule has 0 spiro atoms. The Morgan fingerprint density at radius 1 is 1.19 bits per heavy atom. The monoisotopic (exact) mass is 220 g/mol. The summed E-state index contributed by atoms with van der Waals surface area (Å²) in [6, 6.07) is 8.20. The fourth-order valence-electron chi connectivity index (χ4n) is 1.91. The molecule has 1 heteroatoms. The molecule has 0 amide bonds. The van der Waals surface area contributed by atoms with E-state index in [0.29, 0.717) is 5.41 Å². The van der Waals surface area contributed by atoms with Gasteiger partial charge in [0.25, 0.3) is 0 Å². The van der Waals surface area contributed by atoms with Gasteiger partial charge in [-0.3, -0.25) is 0 Å². The third kappa shape index (κ3) is 3.97. The third-order valence-electron chi connectivity index (χ3n) is 2.96. The summed E-state index contributed by atoms with van der Waals surface area (Å²) in [5, 5.41) is 10.2. The van der Waals surface area contributed by atoms with E-state index in [-0.39, 0.29) is 6.10 Å². The predicted octanol–water partition coefficient (Wildman–Crippen LogP) is 4.11. The second-order valence-corrected chi connectivity index (χ2v) is 5.67. The predicted molar refractivity (Wildman–Crippen MR) is 69.5 cm³/mol. The normalized spacial score (nSPS) is 13.8. The number of aryl methyl sites for hydroxylation is 1. The van der Waals surface area contributed by atoms with Crippen molar-refractivity contribution in [3.05, 3.63) is 35.4 Å². The van der Waals surface area contributed by atoms with Crippen LogP contribution >= 0.6 is 0 Å². The van der Waals surface area contributed by atoms with Crippen molar-refractivity contribution in [3.8, 4) is 0 Å². The molecule has 0 radical (unpaired) electrons. The average Bonchev–Trinajstić information content (AvgIpc) is 2.25. The molecule has 0 saturated carbocycles. The lowest BCUT2D eigenvalue weighted by atomic mass is 9.87. The first-order chi connectivity index (χ1) is 7.44. The summed E-state index contributed by atoms with van der Waals surface area (Å²) in [5.41, 5.74) is 2.67. The van der Waals surface area contributed by atoms with Crippen molar-refractivity contribution in [3.63, 3.8) is 0 Å². The molecule has 0 fully saturated rings. The SMILES string of the molecule is CCc1ccccc1C(O)CCC(C)(C)C. The van der Waals surface area contributed by atoms with Crippen molar-refractivity contribution < 1.29 is 5.11 Å². The number of rotatable bonds is 4. The van der Waals surface area contributed by atoms with Gasteiger partial charge in [-0.05, 0) is 35.8 Å². The van der Waals surface area contributed by atoms with E-state index < -0.39 is 0 Å². The van der Waals surface area contributed by atoms with Crippen LogP contribution in [-0.2, 0) is 6.42 Å². The molecule has 90 valence electrons. The molecule has 0 aliphatic rings. The number of hydrogen-bond donors (Lipinski definition) is 1. The Hall–Kier alpha value is -0.820. The molecule has 1 aromatic carbocycles. The molecule has 1 N–H and O–H groups in total. The quantitative estimate of drug-likeness (QED) is 0.809. The van der Waals surface area contributed by atoms with Gasteiger partial charge in [-0.1, -0.05) is 52.0 Å². The van der Waals surface area contributed by atoms with Crippen LogP contribution in [-0.4, -0.2) is 5.11 Å². The maximum absolute atomic E-state index is 10.2. The summed E-state index contributed by atoms with van der Waals surface area (Å²) < 4.78 is 0. The van der Waals surface area contributed by atoms with Crippen LogP contribution in [0.3, 0.4) is 0 Å². The summed E-state index contributed by atoms with van der Waals surface area (Å²) >= 11 is 0. The Balaban J connectivity index is 2.69. The zero-order chi connectivity index (χ0) is 12.2. The van der Waals surface area contributed by atoms with Crippen molar-refractivity contribution in [1.29, 1.82) is 0 Å². The lowest BCUT2D eigenvalue weighted by molar-refractivity contribution is 0.146. The van der Waals surface area contributed by atoms with Gasteiger partial charge in [0.05, 0.1) is 6.10 Å². The first kappa shape index (κ1) is 13.2. The van der Waals surface area contributed by atoms with Gasteiger partial charge in [0.15, 0.2) is 0 Å². The summed E-state index contributed by atoms with van der Waals surface area (Å²) in [7, 11) is 0. The van der Waals surface area contributed by atoms with E-state index in [1.807, 2.05) is 18.2 Å². The van der Waals surface area contributed by atoms with Crippen LogP contribution in [0.4, 0.5) is 0 Å². The number of aliphatic hydroxyl groups is 1. The maximum atomic E-state index is 10.2. The van der Waals surface area contributed by atoms with Crippen LogP contribution in [0.1, 0.15) is 57.8 Å². The van der Waals surface area contributed by atoms with E-state index in [4.69, 9.17) is 0 Å². The second kappa shape index (κ2) is 5.49. The second-order valence-electron chi connectivity index (χ2n) is 5.67. The standard InChI is InChI=1S/C15H24O/c1-5-12-8-6-7-9-13(12)14(16)10-11-15(2,3)4/h6-9,14,16H,5,10-11H2,1-4H3. The number of aliphatic hydroxyl groups excluding tert-OH is 1. The van der Waals surface area contributed by atoms with Gasteiger partial charge in [-0.25, -0.2) is 0 Å². The topological polar surface area (TPSA) is 20.2 Å². The molecule has 16 heavy (non-hydrogen) atoms. The van der Waals surface area contributed by atoms with Gasteiger partial charge in [-0.2, -0.15) is 0 Å². The van der Waals surface area contributed by atoms with Gasteiger partial charge in [0, 0.05) is 0 Å². The van der Waals surface area contributed by atoms with Gasteiger partial charge < -0.3 is 5.11 Å². The number of benzene rings is 1. The molecule has 0 saturated heterocycles. The zero-order valence-electron chi connectivity index (χ0n) is 11.0. The summed E-state index contributed by atoms with van der Waals surface area (Å²) in [6.45, 7) is 8.78. The smallest absolute Gasteiger partial charge is 0.0792 e. The van der Waals surface area contributed by atoms with Crippen LogP contribution < -0.4 is 0 Å². The van der Waals surface area contributed by atoms with Crippen LogP contribution in [0.15, 0.2) is 24.3 Å². The highest BCUT2D eigenvalue weighted by atomic mass is 16.3. The molecule has 1 unspecified atom stereocenters. The fourth-order valence-corrected chi connectivity index (χ4v) is 1.91. The Kier molecular flexibility index (Phi) is 4.55. The van der Waals surface area contributed by atoms with Crippen molar-refractivity contribution in [2.24, 2.45) is 5.41 Å². The van der Waals surface area contributed by atoms with E-state index in [2.05, 4.69) is 33.8 Å². The van der Waals surface area contributed by atoms with Crippen LogP contribution in [0.5, 0.6) is 0 Å². The van der Waals surface area contributed by atoms with Gasteiger partial charge in [0.1, 0.15) is 0 Å². The molecule has 1 atom stereocenters. The lowest BCUT2D eigenvalue weighted by Gasteiger charge is -2.21. The molecule has 1 nitrogen and oxygen atoms in total. The molecule has 1 aromatic rings. The summed E-state index contributed by atoms with van der Waals surface area (Å²) in [6.07, 6.45) is 2.57. The molecule has 1 rings (SSSR count). The molecule has 0 heterocycles. The minimum Gasteiger partial charge on any atom is -0.388 e. The third-order valence-corrected chi connectivity index (χ3v) is 2.96. The first-order valence-electron chi connectivity index (χ1n) is 6.20. The van der Waals surface area contributed by atoms with E-state index >= 15 is 0 Å². The molecule has 0 aromatic heterocycles. The Bertz CT molecular complexity index is 322. The highest BCUT2D eigenvalue weighted by Crippen LogP contribution is 2.28. The molecule has 0 aliphatic carbocycles. The van der Waals surface area contributed by atoms with Crippen LogP contribution in [0.2, 0.25) is 0 Å². The van der Waals surface area contributed by atoms with E-state index in [0.717, 1.165) is 24.8 Å². The molecule has 0 aliphatic heterocycles. The van der Waals surface area contributed by atoms with E-state index in [1.54, 1.807) is 0 Å². The highest BCUT2D eigenvalue weighted by Gasteiger charge is 2.16. The van der Waals surface area contributed by atoms with Gasteiger partial charge in [0.2, 0.25) is 0 Å². The fraction of sp³-hybridized carbons (Fsp3) is 0.600. The maximum Gasteiger partial charge on any atom is 0.0792 e. The zero-order valence-corrected chi connectivity index (χ0v) is 11.0. The number of hydrogen-bond acceptors (Lipinski definition) is 1. The van der Waals surface area contributed by atoms with Crippen molar-refractivity contribution in [1.82, 2.24) is 0 Å².